The number of ether oxygens (including phenoxy) is 1. The van der Waals surface area contributed by atoms with Crippen molar-refractivity contribution in [2.24, 2.45) is 5.41 Å². The summed E-state index contributed by atoms with van der Waals surface area (Å²) < 4.78 is 5.47. The molecular formula is C14H22N2O3. The molecule has 1 spiro atoms. The van der Waals surface area contributed by atoms with E-state index in [0.717, 1.165) is 25.7 Å². The van der Waals surface area contributed by atoms with E-state index in [1.807, 2.05) is 20.8 Å². The van der Waals surface area contributed by atoms with E-state index in [-0.39, 0.29) is 29.5 Å². The fourth-order valence-corrected chi connectivity index (χ4v) is 3.68. The van der Waals surface area contributed by atoms with Crippen LogP contribution in [0.15, 0.2) is 0 Å². The molecule has 0 radical (unpaired) electrons. The number of likely N-dealkylation sites (tertiary alicyclic amines) is 1. The van der Waals surface area contributed by atoms with E-state index in [1.165, 1.54) is 0 Å². The third kappa shape index (κ3) is 1.82. The number of fused-ring (bicyclic) bond motifs is 2. The van der Waals surface area contributed by atoms with Gasteiger partial charge >= 0.3 is 6.09 Å². The molecule has 0 aromatic heterocycles. The van der Waals surface area contributed by atoms with Crippen molar-refractivity contribution < 1.29 is 14.3 Å². The zero-order valence-electron chi connectivity index (χ0n) is 11.9. The molecule has 106 valence electrons. The molecule has 2 saturated heterocycles. The number of amides is 2. The molecule has 5 heteroatoms. The molecule has 3 fully saturated rings. The highest BCUT2D eigenvalue weighted by molar-refractivity contribution is 5.89. The second-order valence-corrected chi connectivity index (χ2v) is 7.00. The Morgan fingerprint density at radius 1 is 1.42 bits per heavy atom. The first kappa shape index (κ1) is 12.8. The number of carbonyl (C=O) groups excluding carboxylic acids is 2. The normalized spacial score (nSPS) is 31.9. The second kappa shape index (κ2) is 3.87. The van der Waals surface area contributed by atoms with Crippen LogP contribution in [0.4, 0.5) is 4.79 Å². The second-order valence-electron chi connectivity index (χ2n) is 7.00. The van der Waals surface area contributed by atoms with Crippen LogP contribution in [0.2, 0.25) is 0 Å². The summed E-state index contributed by atoms with van der Waals surface area (Å²) >= 11 is 0. The molecule has 0 aromatic carbocycles. The summed E-state index contributed by atoms with van der Waals surface area (Å²) in [6, 6.07) is 0.129. The molecule has 2 amide bonds. The molecule has 2 aliphatic heterocycles. The van der Waals surface area contributed by atoms with Gasteiger partial charge in [-0.05, 0) is 40.0 Å². The van der Waals surface area contributed by atoms with Crippen LogP contribution in [0.25, 0.3) is 0 Å². The largest absolute Gasteiger partial charge is 0.444 e. The first-order chi connectivity index (χ1) is 8.83. The third-order valence-corrected chi connectivity index (χ3v) is 4.61. The Balaban J connectivity index is 1.81. The molecule has 1 N–H and O–H groups in total. The van der Waals surface area contributed by atoms with Crippen molar-refractivity contribution in [3.63, 3.8) is 0 Å². The van der Waals surface area contributed by atoms with Crippen LogP contribution < -0.4 is 5.32 Å². The minimum absolute atomic E-state index is 0.00333. The molecule has 0 bridgehead atoms. The SMILES string of the molecule is CC(C)(C)OC(=O)N1CCC2NC(=O)C3(CCC3)C21. The van der Waals surface area contributed by atoms with Crippen molar-refractivity contribution in [3.05, 3.63) is 0 Å². The fourth-order valence-electron chi connectivity index (χ4n) is 3.68. The van der Waals surface area contributed by atoms with Gasteiger partial charge in [-0.1, -0.05) is 6.42 Å². The van der Waals surface area contributed by atoms with Crippen molar-refractivity contribution in [3.8, 4) is 0 Å². The van der Waals surface area contributed by atoms with Gasteiger partial charge in [0.1, 0.15) is 5.60 Å². The van der Waals surface area contributed by atoms with Gasteiger partial charge in [0.25, 0.3) is 0 Å². The van der Waals surface area contributed by atoms with E-state index >= 15 is 0 Å². The van der Waals surface area contributed by atoms with E-state index in [9.17, 15) is 9.59 Å². The van der Waals surface area contributed by atoms with E-state index in [0.29, 0.717) is 6.54 Å². The van der Waals surface area contributed by atoms with Crippen LogP contribution >= 0.6 is 0 Å². The van der Waals surface area contributed by atoms with Crippen molar-refractivity contribution in [2.75, 3.05) is 6.54 Å². The zero-order valence-corrected chi connectivity index (χ0v) is 11.9. The first-order valence-electron chi connectivity index (χ1n) is 7.14. The lowest BCUT2D eigenvalue weighted by Crippen LogP contribution is -2.53. The van der Waals surface area contributed by atoms with Gasteiger partial charge in [-0.2, -0.15) is 0 Å². The number of hydrogen-bond donors (Lipinski definition) is 1. The Morgan fingerprint density at radius 3 is 2.63 bits per heavy atom. The number of hydrogen-bond acceptors (Lipinski definition) is 3. The van der Waals surface area contributed by atoms with Gasteiger partial charge in [-0.15, -0.1) is 0 Å². The van der Waals surface area contributed by atoms with Gasteiger partial charge < -0.3 is 15.0 Å². The number of rotatable bonds is 0. The molecule has 19 heavy (non-hydrogen) atoms. The molecule has 1 aliphatic carbocycles. The van der Waals surface area contributed by atoms with Gasteiger partial charge in [0.2, 0.25) is 5.91 Å². The maximum Gasteiger partial charge on any atom is 0.410 e. The maximum absolute atomic E-state index is 12.3. The summed E-state index contributed by atoms with van der Waals surface area (Å²) in [5.74, 6) is 0.141. The quantitative estimate of drug-likeness (QED) is 0.725. The highest BCUT2D eigenvalue weighted by Gasteiger charge is 2.63. The molecule has 2 atom stereocenters. The van der Waals surface area contributed by atoms with Gasteiger partial charge in [-0.25, -0.2) is 4.79 Å². The van der Waals surface area contributed by atoms with Crippen molar-refractivity contribution in [1.82, 2.24) is 10.2 Å². The predicted octanol–water partition coefficient (Wildman–Crippen LogP) is 1.66. The zero-order chi connectivity index (χ0) is 13.8. The van der Waals surface area contributed by atoms with E-state index in [2.05, 4.69) is 5.32 Å². The predicted molar refractivity (Wildman–Crippen MR) is 69.6 cm³/mol. The summed E-state index contributed by atoms with van der Waals surface area (Å²) in [5, 5.41) is 3.07. The molecule has 5 nitrogen and oxygen atoms in total. The molecule has 0 aromatic rings. The molecule has 2 heterocycles. The Bertz CT molecular complexity index is 423. The average molecular weight is 266 g/mol. The van der Waals surface area contributed by atoms with E-state index < -0.39 is 5.60 Å². The lowest BCUT2D eigenvalue weighted by molar-refractivity contribution is -0.134. The fraction of sp³-hybridized carbons (Fsp3) is 0.857. The molecule has 3 aliphatic rings. The van der Waals surface area contributed by atoms with Crippen LogP contribution in [-0.4, -0.2) is 41.1 Å². The number of nitrogens with one attached hydrogen (secondary N) is 1. The highest BCUT2D eigenvalue weighted by atomic mass is 16.6. The van der Waals surface area contributed by atoms with Gasteiger partial charge in [-0.3, -0.25) is 4.79 Å². The Labute approximate surface area is 113 Å². The highest BCUT2D eigenvalue weighted by Crippen LogP contribution is 2.52. The minimum Gasteiger partial charge on any atom is -0.444 e. The van der Waals surface area contributed by atoms with Gasteiger partial charge in [0.05, 0.1) is 17.5 Å². The van der Waals surface area contributed by atoms with Crippen LogP contribution in [-0.2, 0) is 9.53 Å². The first-order valence-corrected chi connectivity index (χ1v) is 7.14. The summed E-state index contributed by atoms with van der Waals surface area (Å²) in [7, 11) is 0. The maximum atomic E-state index is 12.3. The van der Waals surface area contributed by atoms with Crippen LogP contribution in [0.1, 0.15) is 46.5 Å². The number of carbonyl (C=O) groups is 2. The summed E-state index contributed by atoms with van der Waals surface area (Å²) in [6.45, 7) is 6.30. The standard InChI is InChI=1S/C14H22N2O3/c1-13(2,3)19-12(18)16-8-5-9-10(16)14(6-4-7-14)11(17)15-9/h9-10H,4-8H2,1-3H3,(H,15,17). The Hall–Kier alpha value is -1.26. The lowest BCUT2D eigenvalue weighted by Gasteiger charge is -2.43. The Morgan fingerprint density at radius 2 is 2.11 bits per heavy atom. The number of nitrogens with zero attached hydrogens (tertiary/aromatic N) is 1. The van der Waals surface area contributed by atoms with Crippen LogP contribution in [0.5, 0.6) is 0 Å². The van der Waals surface area contributed by atoms with E-state index in [4.69, 9.17) is 4.74 Å². The van der Waals surface area contributed by atoms with Crippen molar-refractivity contribution in [2.45, 2.75) is 64.1 Å². The lowest BCUT2D eigenvalue weighted by atomic mass is 9.64. The van der Waals surface area contributed by atoms with Gasteiger partial charge in [0, 0.05) is 6.54 Å². The summed E-state index contributed by atoms with van der Waals surface area (Å²) in [6.07, 6.45) is 3.46. The third-order valence-electron chi connectivity index (χ3n) is 4.61. The van der Waals surface area contributed by atoms with E-state index in [1.54, 1.807) is 4.90 Å². The molecular weight excluding hydrogens is 244 g/mol. The smallest absolute Gasteiger partial charge is 0.410 e. The monoisotopic (exact) mass is 266 g/mol. The van der Waals surface area contributed by atoms with Gasteiger partial charge in [0.15, 0.2) is 0 Å². The summed E-state index contributed by atoms with van der Waals surface area (Å²) in [4.78, 5) is 26.2. The molecule has 1 saturated carbocycles. The summed E-state index contributed by atoms with van der Waals surface area (Å²) in [5.41, 5.74) is -0.809. The Kier molecular flexibility index (Phi) is 2.60. The molecule has 2 unspecified atom stereocenters. The topological polar surface area (TPSA) is 58.6 Å². The minimum atomic E-state index is -0.488. The van der Waals surface area contributed by atoms with Crippen LogP contribution in [0, 0.1) is 5.41 Å². The van der Waals surface area contributed by atoms with Crippen molar-refractivity contribution >= 4 is 12.0 Å². The van der Waals surface area contributed by atoms with Crippen LogP contribution in [0.3, 0.4) is 0 Å². The average Bonchev–Trinajstić information content (AvgIpc) is 2.68. The van der Waals surface area contributed by atoms with Crippen molar-refractivity contribution in [1.29, 1.82) is 0 Å². The molecule has 3 rings (SSSR count).